The Kier molecular flexibility index (Phi) is 6.15. The van der Waals surface area contributed by atoms with Crippen molar-refractivity contribution >= 4 is 38.2 Å². The van der Waals surface area contributed by atoms with Crippen LogP contribution in [-0.4, -0.2) is 30.5 Å². The first kappa shape index (κ1) is 21.8. The summed E-state index contributed by atoms with van der Waals surface area (Å²) in [5.41, 5.74) is 2.42. The van der Waals surface area contributed by atoms with E-state index >= 15 is 0 Å². The first-order valence-corrected chi connectivity index (χ1v) is 12.1. The summed E-state index contributed by atoms with van der Waals surface area (Å²) in [6.45, 7) is 1.70. The minimum atomic E-state index is -4.05. The van der Waals surface area contributed by atoms with E-state index in [1.807, 2.05) is 54.6 Å². The zero-order valence-corrected chi connectivity index (χ0v) is 18.7. The van der Waals surface area contributed by atoms with Crippen molar-refractivity contribution in [1.29, 1.82) is 0 Å². The zero-order chi connectivity index (χ0) is 22.7. The van der Waals surface area contributed by atoms with Crippen LogP contribution in [0.3, 0.4) is 0 Å². The van der Waals surface area contributed by atoms with E-state index in [0.717, 1.165) is 33.4 Å². The Bertz CT molecular complexity index is 1430. The molecule has 2 aromatic carbocycles. The molecule has 0 bridgehead atoms. The molecule has 2 atom stereocenters. The number of hydrogen-bond donors (Lipinski definition) is 3. The summed E-state index contributed by atoms with van der Waals surface area (Å²) in [6.07, 6.45) is 1.72. The van der Waals surface area contributed by atoms with Crippen LogP contribution in [0.25, 0.3) is 10.9 Å². The number of hydrogen-bond acceptors (Lipinski definition) is 4. The molecule has 0 amide bonds. The smallest absolute Gasteiger partial charge is 0.322 e. The summed E-state index contributed by atoms with van der Waals surface area (Å²) in [6, 6.07) is 18.6. The Balaban J connectivity index is 1.58. The van der Waals surface area contributed by atoms with Crippen molar-refractivity contribution in [3.63, 3.8) is 0 Å². The number of aliphatic carboxylic acids is 1. The number of rotatable bonds is 6. The van der Waals surface area contributed by atoms with Gasteiger partial charge in [0, 0.05) is 28.6 Å². The van der Waals surface area contributed by atoms with E-state index in [4.69, 9.17) is 0 Å². The van der Waals surface area contributed by atoms with Gasteiger partial charge in [0.05, 0.1) is 4.88 Å². The molecule has 4 rings (SSSR count). The lowest BCUT2D eigenvalue weighted by Gasteiger charge is -2.21. The summed E-state index contributed by atoms with van der Waals surface area (Å²) >= 11 is 1.00. The third kappa shape index (κ3) is 4.60. The summed E-state index contributed by atoms with van der Waals surface area (Å²) in [5.74, 6) is 4.09. The van der Waals surface area contributed by atoms with Crippen molar-refractivity contribution in [2.24, 2.45) is 0 Å². The van der Waals surface area contributed by atoms with E-state index < -0.39 is 28.0 Å². The quantitative estimate of drug-likeness (QED) is 0.373. The number of carbonyl (C=O) groups is 1. The van der Waals surface area contributed by atoms with Gasteiger partial charge >= 0.3 is 5.97 Å². The first-order valence-electron chi connectivity index (χ1n) is 9.83. The molecule has 162 valence electrons. The fraction of sp³-hybridized carbons (Fsp3) is 0.125. The number of aromatic nitrogens is 1. The number of aromatic amines is 1. The Morgan fingerprint density at radius 1 is 1.03 bits per heavy atom. The summed E-state index contributed by atoms with van der Waals surface area (Å²) in [4.78, 5) is 15.7. The molecule has 0 saturated carbocycles. The highest BCUT2D eigenvalue weighted by atomic mass is 32.2. The number of nitrogens with one attached hydrogen (secondary N) is 2. The van der Waals surface area contributed by atoms with E-state index in [-0.39, 0.29) is 4.21 Å². The second-order valence-corrected chi connectivity index (χ2v) is 10.3. The van der Waals surface area contributed by atoms with Gasteiger partial charge in [0.15, 0.2) is 0 Å². The van der Waals surface area contributed by atoms with Crippen molar-refractivity contribution < 1.29 is 18.3 Å². The molecule has 0 aliphatic carbocycles. The Labute approximate surface area is 190 Å². The van der Waals surface area contributed by atoms with Crippen molar-refractivity contribution in [2.45, 2.75) is 23.1 Å². The molecule has 6 nitrogen and oxygen atoms in total. The molecule has 2 heterocycles. The highest BCUT2D eigenvalue weighted by Gasteiger charge is 2.33. The number of carboxylic acid groups (broad SMARTS) is 1. The molecular weight excluding hydrogens is 444 g/mol. The maximum atomic E-state index is 13.0. The number of H-pyrrole nitrogens is 1. The lowest BCUT2D eigenvalue weighted by Crippen LogP contribution is -2.43. The number of carboxylic acids is 1. The molecular formula is C24H20N2O4S2. The van der Waals surface area contributed by atoms with Crippen LogP contribution in [-0.2, 0) is 14.8 Å². The zero-order valence-electron chi connectivity index (χ0n) is 17.1. The van der Waals surface area contributed by atoms with Gasteiger partial charge in [0.2, 0.25) is 0 Å². The number of sulfonamides is 1. The predicted molar refractivity (Wildman–Crippen MR) is 125 cm³/mol. The van der Waals surface area contributed by atoms with Crippen LogP contribution >= 0.6 is 11.3 Å². The molecule has 0 saturated heterocycles. The predicted octanol–water partition coefficient (Wildman–Crippen LogP) is 4.16. The van der Waals surface area contributed by atoms with E-state index in [2.05, 4.69) is 21.5 Å². The Morgan fingerprint density at radius 3 is 2.50 bits per heavy atom. The molecule has 2 aromatic heterocycles. The van der Waals surface area contributed by atoms with Crippen LogP contribution in [0.2, 0.25) is 0 Å². The molecule has 3 N–H and O–H groups in total. The number of thiophene rings is 1. The minimum Gasteiger partial charge on any atom is -0.480 e. The van der Waals surface area contributed by atoms with Crippen molar-refractivity contribution in [3.05, 3.63) is 88.9 Å². The van der Waals surface area contributed by atoms with E-state index in [1.54, 1.807) is 19.2 Å². The van der Waals surface area contributed by atoms with Gasteiger partial charge in [-0.1, -0.05) is 55.2 Å². The highest BCUT2D eigenvalue weighted by molar-refractivity contribution is 7.91. The van der Waals surface area contributed by atoms with Crippen LogP contribution in [0.5, 0.6) is 0 Å². The third-order valence-electron chi connectivity index (χ3n) is 5.11. The molecule has 2 unspecified atom stereocenters. The van der Waals surface area contributed by atoms with Crippen LogP contribution in [0.4, 0.5) is 0 Å². The van der Waals surface area contributed by atoms with Gasteiger partial charge in [-0.2, -0.15) is 4.72 Å². The number of benzene rings is 2. The molecule has 0 spiro atoms. The first-order chi connectivity index (χ1) is 15.3. The average Bonchev–Trinajstić information content (AvgIpc) is 3.44. The van der Waals surface area contributed by atoms with Crippen LogP contribution in [0.15, 0.2) is 77.1 Å². The van der Waals surface area contributed by atoms with Gasteiger partial charge in [0.1, 0.15) is 10.3 Å². The van der Waals surface area contributed by atoms with Gasteiger partial charge in [-0.05, 0) is 35.9 Å². The maximum absolute atomic E-state index is 13.0. The molecule has 0 fully saturated rings. The Morgan fingerprint density at radius 2 is 1.75 bits per heavy atom. The van der Waals surface area contributed by atoms with E-state index in [9.17, 15) is 18.3 Å². The molecule has 4 aromatic rings. The standard InChI is InChI=1S/C24H20N2O4S2/c1-16(20-15-25-21-10-6-5-9-19(20)21)23(24(27)28)26-32(29,30)22-14-13-18(31-22)12-11-17-7-3-2-4-8-17/h2-10,13-16,23,25-26H,1H3,(H,27,28). The molecule has 32 heavy (non-hydrogen) atoms. The topological polar surface area (TPSA) is 99.3 Å². The lowest BCUT2D eigenvalue weighted by atomic mass is 9.93. The average molecular weight is 465 g/mol. The van der Waals surface area contributed by atoms with Gasteiger partial charge in [-0.25, -0.2) is 8.42 Å². The monoisotopic (exact) mass is 464 g/mol. The van der Waals surface area contributed by atoms with Crippen LogP contribution in [0.1, 0.15) is 28.8 Å². The second-order valence-electron chi connectivity index (χ2n) is 7.25. The van der Waals surface area contributed by atoms with Crippen molar-refractivity contribution in [3.8, 4) is 11.8 Å². The summed E-state index contributed by atoms with van der Waals surface area (Å²) < 4.78 is 28.3. The van der Waals surface area contributed by atoms with Crippen molar-refractivity contribution in [1.82, 2.24) is 9.71 Å². The molecule has 8 heteroatoms. The van der Waals surface area contributed by atoms with Crippen LogP contribution < -0.4 is 4.72 Å². The van der Waals surface area contributed by atoms with Crippen LogP contribution in [0, 0.1) is 11.8 Å². The molecule has 0 aliphatic heterocycles. The number of fused-ring (bicyclic) bond motifs is 1. The second kappa shape index (κ2) is 9.01. The molecule has 0 aliphatic rings. The fourth-order valence-electron chi connectivity index (χ4n) is 3.43. The minimum absolute atomic E-state index is 0.0206. The fourth-order valence-corrected chi connectivity index (χ4v) is 5.87. The van der Waals surface area contributed by atoms with Gasteiger partial charge < -0.3 is 10.1 Å². The van der Waals surface area contributed by atoms with Gasteiger partial charge in [-0.15, -0.1) is 11.3 Å². The van der Waals surface area contributed by atoms with Gasteiger partial charge in [-0.3, -0.25) is 4.79 Å². The Hall–Kier alpha value is -3.38. The van der Waals surface area contributed by atoms with Gasteiger partial charge in [0.25, 0.3) is 10.0 Å². The summed E-state index contributed by atoms with van der Waals surface area (Å²) in [5, 5.41) is 10.6. The maximum Gasteiger partial charge on any atom is 0.322 e. The lowest BCUT2D eigenvalue weighted by molar-refractivity contribution is -0.139. The molecule has 0 radical (unpaired) electrons. The summed E-state index contributed by atoms with van der Waals surface area (Å²) in [7, 11) is -4.05. The normalized spacial score (nSPS) is 13.3. The SMILES string of the molecule is CC(c1c[nH]c2ccccc12)C(NS(=O)(=O)c1ccc(C#Cc2ccccc2)s1)C(=O)O. The number of para-hydroxylation sites is 1. The third-order valence-corrected chi connectivity index (χ3v) is 8.04. The van der Waals surface area contributed by atoms with E-state index in [1.165, 1.54) is 6.07 Å². The van der Waals surface area contributed by atoms with E-state index in [0.29, 0.717) is 4.88 Å². The van der Waals surface area contributed by atoms with Crippen molar-refractivity contribution in [2.75, 3.05) is 0 Å². The highest BCUT2D eigenvalue weighted by Crippen LogP contribution is 2.29. The largest absolute Gasteiger partial charge is 0.480 e.